The summed E-state index contributed by atoms with van der Waals surface area (Å²) in [6.07, 6.45) is 41.9. The number of phenolic OH excluding ortho intramolecular Hbond substituents is 1. The molecule has 0 heterocycles. The highest BCUT2D eigenvalue weighted by atomic mass is 32.2. The van der Waals surface area contributed by atoms with Crippen molar-refractivity contribution in [1.29, 1.82) is 0 Å². The first kappa shape index (κ1) is 55.8. The van der Waals surface area contributed by atoms with Crippen molar-refractivity contribution in [1.82, 2.24) is 0 Å². The molecule has 346 valence electrons. The van der Waals surface area contributed by atoms with Crippen LogP contribution in [0.25, 0.3) is 0 Å². The van der Waals surface area contributed by atoms with E-state index in [1.165, 1.54) is 186 Å². The lowest BCUT2D eigenvalue weighted by Gasteiger charge is -2.28. The SMILES string of the molecule is CCCCCCCCCCCCCCCCCCSCC(COCCCCCCCCCCCCCCCC)OC(=O)CCc1cc(C(C)(C)C)c(O)c(C(C)(C)C)c1. The summed E-state index contributed by atoms with van der Waals surface area (Å²) in [6, 6.07) is 4.17. The molecule has 0 bridgehead atoms. The zero-order chi connectivity index (χ0) is 43.5. The van der Waals surface area contributed by atoms with Gasteiger partial charge in [0.05, 0.1) is 6.61 Å². The van der Waals surface area contributed by atoms with Crippen molar-refractivity contribution in [2.45, 2.75) is 278 Å². The van der Waals surface area contributed by atoms with Crippen LogP contribution in [-0.2, 0) is 31.5 Å². The Bertz CT molecular complexity index is 1080. The Morgan fingerprint density at radius 3 is 1.29 bits per heavy atom. The van der Waals surface area contributed by atoms with Gasteiger partial charge in [0.1, 0.15) is 11.9 Å². The molecule has 59 heavy (non-hydrogen) atoms. The van der Waals surface area contributed by atoms with Crippen LogP contribution in [0.5, 0.6) is 5.75 Å². The largest absolute Gasteiger partial charge is 0.507 e. The van der Waals surface area contributed by atoms with Gasteiger partial charge in [0.2, 0.25) is 0 Å². The number of esters is 1. The summed E-state index contributed by atoms with van der Waals surface area (Å²) in [7, 11) is 0. The van der Waals surface area contributed by atoms with Gasteiger partial charge in [-0.15, -0.1) is 0 Å². The maximum absolute atomic E-state index is 13.3. The van der Waals surface area contributed by atoms with Crippen molar-refractivity contribution in [3.8, 4) is 5.75 Å². The van der Waals surface area contributed by atoms with Crippen LogP contribution in [0, 0.1) is 0 Å². The summed E-state index contributed by atoms with van der Waals surface area (Å²) in [5.41, 5.74) is 2.57. The normalized spacial score (nSPS) is 12.7. The quantitative estimate of drug-likeness (QED) is 0.0527. The van der Waals surface area contributed by atoms with Crippen molar-refractivity contribution in [2.75, 3.05) is 24.7 Å². The molecule has 0 amide bonds. The highest BCUT2D eigenvalue weighted by Crippen LogP contribution is 2.40. The Morgan fingerprint density at radius 2 is 0.915 bits per heavy atom. The fraction of sp³-hybridized carbons (Fsp3) is 0.870. The second-order valence-corrected chi connectivity index (χ2v) is 21.4. The molecule has 1 aromatic rings. The summed E-state index contributed by atoms with van der Waals surface area (Å²) in [5.74, 6) is 2.14. The van der Waals surface area contributed by atoms with Gasteiger partial charge < -0.3 is 14.6 Å². The number of phenols is 1. The number of thioether (sulfide) groups is 1. The number of rotatable bonds is 40. The third-order valence-corrected chi connectivity index (χ3v) is 13.3. The Kier molecular flexibility index (Phi) is 34.3. The van der Waals surface area contributed by atoms with Crippen LogP contribution in [0.4, 0.5) is 0 Å². The summed E-state index contributed by atoms with van der Waals surface area (Å²) in [4.78, 5) is 13.3. The summed E-state index contributed by atoms with van der Waals surface area (Å²) >= 11 is 1.92. The first-order valence-electron chi connectivity index (χ1n) is 25.6. The molecule has 5 heteroatoms. The summed E-state index contributed by atoms with van der Waals surface area (Å²) < 4.78 is 12.3. The van der Waals surface area contributed by atoms with E-state index in [0.29, 0.717) is 25.2 Å². The zero-order valence-electron chi connectivity index (χ0n) is 40.8. The van der Waals surface area contributed by atoms with Gasteiger partial charge in [-0.2, -0.15) is 11.8 Å². The number of unbranched alkanes of at least 4 members (excludes halogenated alkanes) is 28. The smallest absolute Gasteiger partial charge is 0.306 e. The Balaban J connectivity index is 2.43. The standard InChI is InChI=1S/C54H100O4S/c1-9-11-13-15-17-19-21-23-25-26-28-30-32-34-36-38-42-59-46-48(45-57-41-37-35-33-31-29-27-24-22-20-18-16-14-12-10-2)58-51(55)40-39-47-43-49(53(3,4)5)52(56)50(44-47)54(6,7)8/h43-44,48,56H,9-42,45-46H2,1-8H3. The molecular formula is C54H100O4S. The maximum Gasteiger partial charge on any atom is 0.306 e. The topological polar surface area (TPSA) is 55.8 Å². The molecule has 0 saturated carbocycles. The van der Waals surface area contributed by atoms with Gasteiger partial charge in [-0.05, 0) is 52.5 Å². The highest BCUT2D eigenvalue weighted by molar-refractivity contribution is 7.99. The first-order valence-corrected chi connectivity index (χ1v) is 26.8. The molecule has 1 unspecified atom stereocenters. The minimum atomic E-state index is -0.213. The number of carbonyl (C=O) groups is 1. The number of hydrogen-bond donors (Lipinski definition) is 1. The molecule has 1 aromatic carbocycles. The molecule has 0 aliphatic rings. The Hall–Kier alpha value is -1.20. The molecule has 1 N–H and O–H groups in total. The Morgan fingerprint density at radius 1 is 0.559 bits per heavy atom. The number of aromatic hydroxyl groups is 1. The van der Waals surface area contributed by atoms with Crippen molar-refractivity contribution in [2.24, 2.45) is 0 Å². The first-order chi connectivity index (χ1) is 28.4. The van der Waals surface area contributed by atoms with E-state index < -0.39 is 0 Å². The van der Waals surface area contributed by atoms with Crippen molar-refractivity contribution in [3.05, 3.63) is 28.8 Å². The average Bonchev–Trinajstić information content (AvgIpc) is 3.18. The number of aryl methyl sites for hydroxylation is 1. The van der Waals surface area contributed by atoms with E-state index in [2.05, 4.69) is 67.5 Å². The van der Waals surface area contributed by atoms with Crippen LogP contribution in [0.3, 0.4) is 0 Å². The molecule has 1 rings (SSSR count). The van der Waals surface area contributed by atoms with Crippen LogP contribution < -0.4 is 0 Å². The molecule has 1 atom stereocenters. The number of hydrogen-bond acceptors (Lipinski definition) is 5. The van der Waals surface area contributed by atoms with E-state index in [-0.39, 0.29) is 22.9 Å². The molecule has 0 aliphatic carbocycles. The monoisotopic (exact) mass is 845 g/mol. The molecule has 0 spiro atoms. The molecule has 0 aliphatic heterocycles. The summed E-state index contributed by atoms with van der Waals surface area (Å²) in [5, 5.41) is 11.2. The predicted molar refractivity (Wildman–Crippen MR) is 262 cm³/mol. The van der Waals surface area contributed by atoms with E-state index >= 15 is 0 Å². The fourth-order valence-electron chi connectivity index (χ4n) is 8.17. The van der Waals surface area contributed by atoms with Crippen LogP contribution in [0.15, 0.2) is 12.1 Å². The number of ether oxygens (including phenoxy) is 2. The predicted octanol–water partition coefficient (Wildman–Crippen LogP) is 17.3. The van der Waals surface area contributed by atoms with Crippen LogP contribution in [0.2, 0.25) is 0 Å². The lowest BCUT2D eigenvalue weighted by atomic mass is 9.78. The lowest BCUT2D eigenvalue weighted by molar-refractivity contribution is -0.150. The van der Waals surface area contributed by atoms with Gasteiger partial charge in [-0.1, -0.05) is 247 Å². The third-order valence-electron chi connectivity index (χ3n) is 12.1. The second-order valence-electron chi connectivity index (χ2n) is 20.2. The molecule has 0 radical (unpaired) electrons. The Labute approximate surface area is 372 Å². The summed E-state index contributed by atoms with van der Waals surface area (Å²) in [6.45, 7) is 18.6. The van der Waals surface area contributed by atoms with Gasteiger partial charge in [0.25, 0.3) is 0 Å². The van der Waals surface area contributed by atoms with E-state index in [1.807, 2.05) is 11.8 Å². The van der Waals surface area contributed by atoms with Crippen LogP contribution >= 0.6 is 11.8 Å². The fourth-order valence-corrected chi connectivity index (χ4v) is 9.17. The van der Waals surface area contributed by atoms with E-state index in [1.54, 1.807) is 0 Å². The molecular weight excluding hydrogens is 745 g/mol. The molecule has 4 nitrogen and oxygen atoms in total. The zero-order valence-corrected chi connectivity index (χ0v) is 41.6. The molecule has 0 fully saturated rings. The minimum Gasteiger partial charge on any atom is -0.507 e. The number of carbonyl (C=O) groups excluding carboxylic acids is 1. The maximum atomic E-state index is 13.3. The van der Waals surface area contributed by atoms with Crippen LogP contribution in [-0.4, -0.2) is 41.9 Å². The van der Waals surface area contributed by atoms with Crippen molar-refractivity contribution < 1.29 is 19.4 Å². The van der Waals surface area contributed by atoms with Crippen LogP contribution in [0.1, 0.15) is 271 Å². The lowest BCUT2D eigenvalue weighted by Crippen LogP contribution is -2.27. The average molecular weight is 845 g/mol. The van der Waals surface area contributed by atoms with Crippen molar-refractivity contribution >= 4 is 17.7 Å². The van der Waals surface area contributed by atoms with Gasteiger partial charge >= 0.3 is 5.97 Å². The van der Waals surface area contributed by atoms with Gasteiger partial charge in [0, 0.05) is 18.8 Å². The van der Waals surface area contributed by atoms with Gasteiger partial charge in [-0.3, -0.25) is 4.79 Å². The van der Waals surface area contributed by atoms with E-state index in [4.69, 9.17) is 9.47 Å². The number of benzene rings is 1. The molecule has 0 aromatic heterocycles. The van der Waals surface area contributed by atoms with Crippen molar-refractivity contribution in [3.63, 3.8) is 0 Å². The molecule has 0 saturated heterocycles. The minimum absolute atomic E-state index is 0.152. The van der Waals surface area contributed by atoms with Gasteiger partial charge in [0.15, 0.2) is 0 Å². The highest BCUT2D eigenvalue weighted by Gasteiger charge is 2.27. The van der Waals surface area contributed by atoms with Gasteiger partial charge in [-0.25, -0.2) is 0 Å². The second kappa shape index (κ2) is 36.3. The third kappa shape index (κ3) is 31.3. The van der Waals surface area contributed by atoms with E-state index in [9.17, 15) is 9.90 Å². The van der Waals surface area contributed by atoms with E-state index in [0.717, 1.165) is 41.2 Å².